The molecule has 0 aliphatic carbocycles. The van der Waals surface area contributed by atoms with E-state index in [0.717, 1.165) is 0 Å². The first kappa shape index (κ1) is 14.4. The van der Waals surface area contributed by atoms with Crippen LogP contribution in [-0.2, 0) is 0 Å². The summed E-state index contributed by atoms with van der Waals surface area (Å²) in [5, 5.41) is 10.1. The van der Waals surface area contributed by atoms with E-state index in [4.69, 9.17) is 51.5 Å². The molecule has 1 heterocycles. The van der Waals surface area contributed by atoms with Gasteiger partial charge in [0.1, 0.15) is 5.15 Å². The van der Waals surface area contributed by atoms with E-state index in [9.17, 15) is 4.79 Å². The molecule has 1 aromatic heterocycles. The number of carboxylic acid groups (broad SMARTS) is 1. The van der Waals surface area contributed by atoms with Gasteiger partial charge in [-0.05, 0) is 24.3 Å². The summed E-state index contributed by atoms with van der Waals surface area (Å²) in [4.78, 5) is 15.0. The highest BCUT2D eigenvalue weighted by Crippen LogP contribution is 2.36. The largest absolute Gasteiger partial charge is 0.476 e. The zero-order valence-corrected chi connectivity index (χ0v) is 12.1. The van der Waals surface area contributed by atoms with Crippen LogP contribution in [0.5, 0.6) is 0 Å². The molecule has 2 aromatic rings. The van der Waals surface area contributed by atoms with Gasteiger partial charge in [0.15, 0.2) is 5.69 Å². The van der Waals surface area contributed by atoms with E-state index < -0.39 is 5.97 Å². The van der Waals surface area contributed by atoms with Crippen LogP contribution in [0, 0.1) is 0 Å². The monoisotopic (exact) mass is 335 g/mol. The lowest BCUT2D eigenvalue weighted by Crippen LogP contribution is -2.03. The first-order valence-corrected chi connectivity index (χ1v) is 6.46. The molecule has 0 unspecified atom stereocenters. The van der Waals surface area contributed by atoms with Crippen LogP contribution in [0.4, 0.5) is 0 Å². The Bertz CT molecular complexity index is 673. The molecule has 0 atom stereocenters. The number of carboxylic acids is 1. The molecule has 0 aliphatic rings. The molecule has 0 aliphatic heterocycles. The predicted octanol–water partition coefficient (Wildman–Crippen LogP) is 5.06. The van der Waals surface area contributed by atoms with Gasteiger partial charge in [0, 0.05) is 11.1 Å². The van der Waals surface area contributed by atoms with Gasteiger partial charge >= 0.3 is 5.97 Å². The maximum absolute atomic E-state index is 11.2. The minimum absolute atomic E-state index is 0.0809. The number of pyridine rings is 1. The Morgan fingerprint density at radius 1 is 0.947 bits per heavy atom. The number of hydrogen-bond acceptors (Lipinski definition) is 2. The average molecular weight is 337 g/mol. The van der Waals surface area contributed by atoms with Crippen LogP contribution in [0.1, 0.15) is 10.5 Å². The van der Waals surface area contributed by atoms with Crippen molar-refractivity contribution in [1.82, 2.24) is 4.98 Å². The fourth-order valence-electron chi connectivity index (χ4n) is 1.54. The molecule has 98 valence electrons. The number of aromatic nitrogens is 1. The number of carbonyl (C=O) groups is 1. The Kier molecular flexibility index (Phi) is 4.21. The minimum Gasteiger partial charge on any atom is -0.476 e. The van der Waals surface area contributed by atoms with Gasteiger partial charge < -0.3 is 5.11 Å². The van der Waals surface area contributed by atoms with Crippen molar-refractivity contribution in [3.63, 3.8) is 0 Å². The number of benzene rings is 1. The maximum Gasteiger partial charge on any atom is 0.355 e. The van der Waals surface area contributed by atoms with E-state index in [2.05, 4.69) is 4.98 Å². The highest BCUT2D eigenvalue weighted by atomic mass is 35.5. The molecule has 7 heteroatoms. The van der Waals surface area contributed by atoms with Crippen LogP contribution in [0.3, 0.4) is 0 Å². The lowest BCUT2D eigenvalue weighted by Gasteiger charge is -2.09. The highest BCUT2D eigenvalue weighted by Gasteiger charge is 2.17. The predicted molar refractivity (Wildman–Crippen MR) is 76.7 cm³/mol. The molecule has 2 rings (SSSR count). The smallest absolute Gasteiger partial charge is 0.355 e. The van der Waals surface area contributed by atoms with E-state index in [-0.39, 0.29) is 25.9 Å². The second-order valence-electron chi connectivity index (χ2n) is 3.58. The van der Waals surface area contributed by atoms with Crippen molar-refractivity contribution in [1.29, 1.82) is 0 Å². The standard InChI is InChI=1S/C12H5Cl4NO2/c13-7-4-9(15)8(14)3-6(7)5-1-2-10(16)17-11(5)12(18)19/h1-4H,(H,18,19). The van der Waals surface area contributed by atoms with E-state index in [0.29, 0.717) is 11.1 Å². The fourth-order valence-corrected chi connectivity index (χ4v) is 2.34. The van der Waals surface area contributed by atoms with Gasteiger partial charge in [-0.15, -0.1) is 0 Å². The molecular weight excluding hydrogens is 332 g/mol. The number of halogens is 4. The zero-order valence-electron chi connectivity index (χ0n) is 9.12. The molecule has 0 radical (unpaired) electrons. The minimum atomic E-state index is -1.21. The van der Waals surface area contributed by atoms with E-state index in [1.807, 2.05) is 0 Å². The molecule has 0 saturated heterocycles. The lowest BCUT2D eigenvalue weighted by atomic mass is 10.0. The molecule has 0 saturated carbocycles. The summed E-state index contributed by atoms with van der Waals surface area (Å²) < 4.78 is 0. The Labute approximate surface area is 128 Å². The van der Waals surface area contributed by atoms with E-state index >= 15 is 0 Å². The first-order chi connectivity index (χ1) is 8.90. The zero-order chi connectivity index (χ0) is 14.2. The Morgan fingerprint density at radius 2 is 1.58 bits per heavy atom. The third kappa shape index (κ3) is 2.95. The van der Waals surface area contributed by atoms with Crippen molar-refractivity contribution in [2.45, 2.75) is 0 Å². The molecular formula is C12H5Cl4NO2. The summed E-state index contributed by atoms with van der Waals surface area (Å²) in [6.07, 6.45) is 0. The highest BCUT2D eigenvalue weighted by molar-refractivity contribution is 6.44. The Balaban J connectivity index is 2.72. The molecule has 1 aromatic carbocycles. The van der Waals surface area contributed by atoms with Gasteiger partial charge in [0.25, 0.3) is 0 Å². The van der Waals surface area contributed by atoms with Crippen LogP contribution in [0.2, 0.25) is 20.2 Å². The Morgan fingerprint density at radius 3 is 2.21 bits per heavy atom. The molecule has 0 amide bonds. The van der Waals surface area contributed by atoms with Crippen molar-refractivity contribution >= 4 is 52.4 Å². The molecule has 19 heavy (non-hydrogen) atoms. The summed E-state index contributed by atoms with van der Waals surface area (Å²) in [5.41, 5.74) is 0.547. The van der Waals surface area contributed by atoms with Crippen molar-refractivity contribution in [3.8, 4) is 11.1 Å². The molecule has 3 nitrogen and oxygen atoms in total. The summed E-state index contributed by atoms with van der Waals surface area (Å²) in [5.74, 6) is -1.21. The maximum atomic E-state index is 11.2. The second kappa shape index (κ2) is 5.55. The topological polar surface area (TPSA) is 50.2 Å². The summed E-state index contributed by atoms with van der Waals surface area (Å²) in [7, 11) is 0. The van der Waals surface area contributed by atoms with Gasteiger partial charge in [-0.25, -0.2) is 9.78 Å². The van der Waals surface area contributed by atoms with Crippen molar-refractivity contribution in [2.24, 2.45) is 0 Å². The third-order valence-electron chi connectivity index (χ3n) is 2.36. The summed E-state index contributed by atoms with van der Waals surface area (Å²) in [6, 6.07) is 5.93. The molecule has 0 bridgehead atoms. The van der Waals surface area contributed by atoms with Crippen LogP contribution >= 0.6 is 46.4 Å². The van der Waals surface area contributed by atoms with Crippen LogP contribution in [-0.4, -0.2) is 16.1 Å². The van der Waals surface area contributed by atoms with Gasteiger partial charge in [0.05, 0.1) is 15.1 Å². The van der Waals surface area contributed by atoms with Crippen molar-refractivity contribution in [3.05, 3.63) is 50.2 Å². The summed E-state index contributed by atoms with van der Waals surface area (Å²) >= 11 is 23.5. The number of rotatable bonds is 2. The first-order valence-electron chi connectivity index (χ1n) is 4.95. The quantitative estimate of drug-likeness (QED) is 0.616. The van der Waals surface area contributed by atoms with Crippen LogP contribution < -0.4 is 0 Å². The second-order valence-corrected chi connectivity index (χ2v) is 5.19. The molecule has 0 spiro atoms. The van der Waals surface area contributed by atoms with Crippen molar-refractivity contribution in [2.75, 3.05) is 0 Å². The number of hydrogen-bond donors (Lipinski definition) is 1. The Hall–Kier alpha value is -1.000. The van der Waals surface area contributed by atoms with E-state index in [1.54, 1.807) is 0 Å². The number of aromatic carboxylic acids is 1. The fraction of sp³-hybridized carbons (Fsp3) is 0. The molecule has 0 fully saturated rings. The van der Waals surface area contributed by atoms with Gasteiger partial charge in [0.2, 0.25) is 0 Å². The van der Waals surface area contributed by atoms with Crippen LogP contribution in [0.15, 0.2) is 24.3 Å². The van der Waals surface area contributed by atoms with Gasteiger partial charge in [-0.3, -0.25) is 0 Å². The lowest BCUT2D eigenvalue weighted by molar-refractivity contribution is 0.0691. The van der Waals surface area contributed by atoms with Crippen molar-refractivity contribution < 1.29 is 9.90 Å². The molecule has 1 N–H and O–H groups in total. The van der Waals surface area contributed by atoms with E-state index in [1.165, 1.54) is 24.3 Å². The van der Waals surface area contributed by atoms with Gasteiger partial charge in [-0.1, -0.05) is 46.4 Å². The van der Waals surface area contributed by atoms with Gasteiger partial charge in [-0.2, -0.15) is 0 Å². The SMILES string of the molecule is O=C(O)c1nc(Cl)ccc1-c1cc(Cl)c(Cl)cc1Cl. The number of nitrogens with zero attached hydrogens (tertiary/aromatic N) is 1. The van der Waals surface area contributed by atoms with Crippen LogP contribution in [0.25, 0.3) is 11.1 Å². The third-order valence-corrected chi connectivity index (χ3v) is 3.61. The normalized spacial score (nSPS) is 10.5. The summed E-state index contributed by atoms with van der Waals surface area (Å²) in [6.45, 7) is 0. The average Bonchev–Trinajstić information content (AvgIpc) is 2.34.